The van der Waals surface area contributed by atoms with E-state index in [1.165, 1.54) is 6.07 Å². The van der Waals surface area contributed by atoms with Gasteiger partial charge in [0.15, 0.2) is 5.82 Å². The maximum atomic E-state index is 13.3. The SMILES string of the molecule is COCCn1cnnc1-c1cccc(F)c1N. The monoisotopic (exact) mass is 236 g/mol. The van der Waals surface area contributed by atoms with Crippen LogP contribution in [0.4, 0.5) is 10.1 Å². The first-order valence-electron chi connectivity index (χ1n) is 5.15. The predicted octanol–water partition coefficient (Wildman–Crippen LogP) is 1.31. The summed E-state index contributed by atoms with van der Waals surface area (Å²) in [6.07, 6.45) is 1.57. The standard InChI is InChI=1S/C11H13FN4O/c1-17-6-5-16-7-14-15-11(16)8-3-2-4-9(12)10(8)13/h2-4,7H,5-6,13H2,1H3. The summed E-state index contributed by atoms with van der Waals surface area (Å²) in [5.74, 6) is 0.0860. The van der Waals surface area contributed by atoms with E-state index in [9.17, 15) is 4.39 Å². The molecular formula is C11H13FN4O. The molecule has 0 amide bonds. The number of anilines is 1. The molecule has 0 aliphatic rings. The van der Waals surface area contributed by atoms with Gasteiger partial charge in [0.1, 0.15) is 12.1 Å². The molecule has 90 valence electrons. The lowest BCUT2D eigenvalue weighted by Crippen LogP contribution is -2.06. The zero-order chi connectivity index (χ0) is 12.3. The molecular weight excluding hydrogens is 223 g/mol. The number of hydrogen-bond acceptors (Lipinski definition) is 4. The Bertz CT molecular complexity index is 512. The van der Waals surface area contributed by atoms with Gasteiger partial charge in [0.05, 0.1) is 12.3 Å². The lowest BCUT2D eigenvalue weighted by molar-refractivity contribution is 0.187. The zero-order valence-electron chi connectivity index (χ0n) is 9.43. The number of methoxy groups -OCH3 is 1. The third-order valence-electron chi connectivity index (χ3n) is 2.45. The van der Waals surface area contributed by atoms with Crippen molar-refractivity contribution >= 4 is 5.69 Å². The zero-order valence-corrected chi connectivity index (χ0v) is 9.43. The summed E-state index contributed by atoms with van der Waals surface area (Å²) in [5.41, 5.74) is 6.31. The number of hydrogen-bond donors (Lipinski definition) is 1. The molecule has 2 rings (SSSR count). The summed E-state index contributed by atoms with van der Waals surface area (Å²) in [7, 11) is 1.61. The third-order valence-corrected chi connectivity index (χ3v) is 2.45. The molecule has 0 saturated heterocycles. The van der Waals surface area contributed by atoms with Crippen molar-refractivity contribution in [1.29, 1.82) is 0 Å². The van der Waals surface area contributed by atoms with Gasteiger partial charge in [0, 0.05) is 19.2 Å². The van der Waals surface area contributed by atoms with Crippen molar-refractivity contribution in [3.05, 3.63) is 30.3 Å². The molecule has 2 aromatic rings. The number of para-hydroxylation sites is 1. The Hall–Kier alpha value is -1.95. The highest BCUT2D eigenvalue weighted by atomic mass is 19.1. The third kappa shape index (κ3) is 2.26. The summed E-state index contributed by atoms with van der Waals surface area (Å²) in [6.45, 7) is 1.12. The lowest BCUT2D eigenvalue weighted by Gasteiger charge is -2.08. The van der Waals surface area contributed by atoms with Gasteiger partial charge in [-0.25, -0.2) is 4.39 Å². The van der Waals surface area contributed by atoms with Gasteiger partial charge in [-0.3, -0.25) is 0 Å². The molecule has 0 atom stereocenters. The average Bonchev–Trinajstić information content (AvgIpc) is 2.78. The number of nitrogens with two attached hydrogens (primary N) is 1. The highest BCUT2D eigenvalue weighted by molar-refractivity contribution is 5.71. The van der Waals surface area contributed by atoms with Crippen molar-refractivity contribution in [3.8, 4) is 11.4 Å². The van der Waals surface area contributed by atoms with Crippen LogP contribution in [0, 0.1) is 5.82 Å². The Morgan fingerprint density at radius 1 is 1.47 bits per heavy atom. The van der Waals surface area contributed by atoms with Crippen molar-refractivity contribution in [2.24, 2.45) is 0 Å². The highest BCUT2D eigenvalue weighted by Gasteiger charge is 2.12. The fraction of sp³-hybridized carbons (Fsp3) is 0.273. The van der Waals surface area contributed by atoms with Crippen molar-refractivity contribution in [3.63, 3.8) is 0 Å². The fourth-order valence-corrected chi connectivity index (χ4v) is 1.55. The second-order valence-electron chi connectivity index (χ2n) is 3.54. The van der Waals surface area contributed by atoms with Crippen LogP contribution in [0.25, 0.3) is 11.4 Å². The van der Waals surface area contributed by atoms with Crippen LogP contribution in [-0.4, -0.2) is 28.5 Å². The second-order valence-corrected chi connectivity index (χ2v) is 3.54. The van der Waals surface area contributed by atoms with Crippen LogP contribution in [0.15, 0.2) is 24.5 Å². The minimum absolute atomic E-state index is 0.0826. The van der Waals surface area contributed by atoms with E-state index in [4.69, 9.17) is 10.5 Å². The van der Waals surface area contributed by atoms with Gasteiger partial charge in [-0.1, -0.05) is 6.07 Å². The molecule has 0 radical (unpaired) electrons. The first-order valence-corrected chi connectivity index (χ1v) is 5.15. The van der Waals surface area contributed by atoms with Gasteiger partial charge in [-0.2, -0.15) is 0 Å². The molecule has 0 saturated carbocycles. The molecule has 0 aliphatic carbocycles. The number of rotatable bonds is 4. The molecule has 0 bridgehead atoms. The first-order chi connectivity index (χ1) is 8.24. The molecule has 2 N–H and O–H groups in total. The van der Waals surface area contributed by atoms with Crippen LogP contribution in [-0.2, 0) is 11.3 Å². The Labute approximate surface area is 98.0 Å². The van der Waals surface area contributed by atoms with Crippen molar-refractivity contribution in [2.75, 3.05) is 19.5 Å². The molecule has 0 fully saturated rings. The summed E-state index contributed by atoms with van der Waals surface area (Å²) in [4.78, 5) is 0. The van der Waals surface area contributed by atoms with Crippen LogP contribution in [0.3, 0.4) is 0 Å². The van der Waals surface area contributed by atoms with Gasteiger partial charge in [-0.15, -0.1) is 10.2 Å². The maximum Gasteiger partial charge on any atom is 0.166 e. The largest absolute Gasteiger partial charge is 0.396 e. The van der Waals surface area contributed by atoms with Gasteiger partial charge in [0.25, 0.3) is 0 Å². The predicted molar refractivity (Wildman–Crippen MR) is 61.7 cm³/mol. The quantitative estimate of drug-likeness (QED) is 0.813. The van der Waals surface area contributed by atoms with E-state index in [2.05, 4.69) is 10.2 Å². The second kappa shape index (κ2) is 4.92. The van der Waals surface area contributed by atoms with Crippen LogP contribution in [0.1, 0.15) is 0 Å². The van der Waals surface area contributed by atoms with Gasteiger partial charge >= 0.3 is 0 Å². The Kier molecular flexibility index (Phi) is 3.34. The van der Waals surface area contributed by atoms with E-state index >= 15 is 0 Å². The summed E-state index contributed by atoms with van der Waals surface area (Å²) in [5, 5.41) is 7.75. The Balaban J connectivity index is 2.39. The minimum atomic E-state index is -0.455. The molecule has 0 unspecified atom stereocenters. The number of aromatic nitrogens is 3. The van der Waals surface area contributed by atoms with E-state index in [1.54, 1.807) is 30.1 Å². The first kappa shape index (κ1) is 11.5. The average molecular weight is 236 g/mol. The van der Waals surface area contributed by atoms with Crippen LogP contribution < -0.4 is 5.73 Å². The summed E-state index contributed by atoms with van der Waals surface area (Å²) >= 11 is 0. The number of halogens is 1. The Morgan fingerprint density at radius 2 is 2.29 bits per heavy atom. The molecule has 0 spiro atoms. The van der Waals surface area contributed by atoms with E-state index in [0.717, 1.165) is 0 Å². The van der Waals surface area contributed by atoms with Crippen LogP contribution in [0.2, 0.25) is 0 Å². The normalized spacial score (nSPS) is 10.7. The maximum absolute atomic E-state index is 13.3. The topological polar surface area (TPSA) is 66.0 Å². The van der Waals surface area contributed by atoms with Crippen molar-refractivity contribution in [2.45, 2.75) is 6.54 Å². The lowest BCUT2D eigenvalue weighted by atomic mass is 10.1. The van der Waals surface area contributed by atoms with E-state index in [-0.39, 0.29) is 5.69 Å². The summed E-state index contributed by atoms with van der Waals surface area (Å²) < 4.78 is 20.1. The molecule has 17 heavy (non-hydrogen) atoms. The molecule has 6 heteroatoms. The number of ether oxygens (including phenoxy) is 1. The molecule has 1 aromatic heterocycles. The van der Waals surface area contributed by atoms with Crippen LogP contribution >= 0.6 is 0 Å². The van der Waals surface area contributed by atoms with Crippen molar-refractivity contribution < 1.29 is 9.13 Å². The fourth-order valence-electron chi connectivity index (χ4n) is 1.55. The van der Waals surface area contributed by atoms with Gasteiger partial charge in [0.2, 0.25) is 0 Å². The van der Waals surface area contributed by atoms with E-state index in [0.29, 0.717) is 24.5 Å². The van der Waals surface area contributed by atoms with Crippen molar-refractivity contribution in [1.82, 2.24) is 14.8 Å². The van der Waals surface area contributed by atoms with E-state index < -0.39 is 5.82 Å². The Morgan fingerprint density at radius 3 is 3.06 bits per heavy atom. The molecule has 1 aromatic carbocycles. The highest BCUT2D eigenvalue weighted by Crippen LogP contribution is 2.25. The molecule has 1 heterocycles. The van der Waals surface area contributed by atoms with Crippen LogP contribution in [0.5, 0.6) is 0 Å². The van der Waals surface area contributed by atoms with Gasteiger partial charge < -0.3 is 15.0 Å². The number of nitrogens with zero attached hydrogens (tertiary/aromatic N) is 3. The van der Waals surface area contributed by atoms with E-state index in [1.807, 2.05) is 0 Å². The smallest absolute Gasteiger partial charge is 0.166 e. The number of nitrogen functional groups attached to an aromatic ring is 1. The molecule has 5 nitrogen and oxygen atoms in total. The minimum Gasteiger partial charge on any atom is -0.396 e. The van der Waals surface area contributed by atoms with Gasteiger partial charge in [-0.05, 0) is 12.1 Å². The summed E-state index contributed by atoms with van der Waals surface area (Å²) in [6, 6.07) is 4.62. The molecule has 0 aliphatic heterocycles. The number of benzene rings is 1.